The third-order valence-corrected chi connectivity index (χ3v) is 2.92. The van der Waals surface area contributed by atoms with Gasteiger partial charge in [-0.1, -0.05) is 19.8 Å². The molecule has 1 aliphatic rings. The largest absolute Gasteiger partial charge is 0.379 e. The molecule has 0 spiro atoms. The molecule has 3 nitrogen and oxygen atoms in total. The van der Waals surface area contributed by atoms with Crippen LogP contribution in [0.15, 0.2) is 0 Å². The zero-order chi connectivity index (χ0) is 11.5. The van der Waals surface area contributed by atoms with Crippen molar-refractivity contribution in [3.8, 4) is 0 Å². The van der Waals surface area contributed by atoms with Gasteiger partial charge in [-0.15, -0.1) is 0 Å². The smallest absolute Gasteiger partial charge is 0.0830 e. The minimum Gasteiger partial charge on any atom is -0.379 e. The molecule has 1 aliphatic heterocycles. The summed E-state index contributed by atoms with van der Waals surface area (Å²) in [7, 11) is 0. The Morgan fingerprint density at radius 3 is 2.81 bits per heavy atom. The molecule has 16 heavy (non-hydrogen) atoms. The van der Waals surface area contributed by atoms with Gasteiger partial charge in [0.15, 0.2) is 0 Å². The fourth-order valence-electron chi connectivity index (χ4n) is 1.90. The standard InChI is InChI=1S/C13H27NO2/c1-2-8-14-9-5-3-4-6-10-16-13-7-11-15-12-13/h13-14H,2-12H2,1H3. The van der Waals surface area contributed by atoms with E-state index in [-0.39, 0.29) is 0 Å². The van der Waals surface area contributed by atoms with Crippen molar-refractivity contribution in [1.82, 2.24) is 5.32 Å². The first-order valence-corrected chi connectivity index (χ1v) is 6.83. The fraction of sp³-hybridized carbons (Fsp3) is 1.00. The molecule has 1 rings (SSSR count). The Morgan fingerprint density at radius 1 is 1.19 bits per heavy atom. The molecule has 0 amide bonds. The highest BCUT2D eigenvalue weighted by molar-refractivity contribution is 4.62. The van der Waals surface area contributed by atoms with Crippen LogP contribution < -0.4 is 5.32 Å². The average Bonchev–Trinajstić information content (AvgIpc) is 2.80. The van der Waals surface area contributed by atoms with Gasteiger partial charge in [-0.3, -0.25) is 0 Å². The van der Waals surface area contributed by atoms with Crippen LogP contribution in [0.5, 0.6) is 0 Å². The zero-order valence-corrected chi connectivity index (χ0v) is 10.7. The predicted molar refractivity (Wildman–Crippen MR) is 66.8 cm³/mol. The maximum atomic E-state index is 5.71. The molecular weight excluding hydrogens is 202 g/mol. The number of nitrogens with one attached hydrogen (secondary N) is 1. The Balaban J connectivity index is 1.71. The van der Waals surface area contributed by atoms with Gasteiger partial charge in [0.05, 0.1) is 12.7 Å². The minimum atomic E-state index is 0.381. The number of hydrogen-bond donors (Lipinski definition) is 1. The maximum absolute atomic E-state index is 5.71. The predicted octanol–water partition coefficient (Wildman–Crippen LogP) is 2.35. The van der Waals surface area contributed by atoms with Crippen LogP contribution in [-0.2, 0) is 9.47 Å². The van der Waals surface area contributed by atoms with Crippen molar-refractivity contribution in [2.45, 2.75) is 51.6 Å². The summed E-state index contributed by atoms with van der Waals surface area (Å²) >= 11 is 0. The lowest BCUT2D eigenvalue weighted by Gasteiger charge is -2.09. The van der Waals surface area contributed by atoms with E-state index in [2.05, 4.69) is 12.2 Å². The van der Waals surface area contributed by atoms with E-state index in [1.807, 2.05) is 0 Å². The SMILES string of the molecule is CCCNCCCCCCOC1CCOC1. The van der Waals surface area contributed by atoms with Gasteiger partial charge in [0.25, 0.3) is 0 Å². The molecule has 0 aliphatic carbocycles. The van der Waals surface area contributed by atoms with Gasteiger partial charge >= 0.3 is 0 Å². The molecule has 1 N–H and O–H groups in total. The molecule has 0 aromatic heterocycles. The summed E-state index contributed by atoms with van der Waals surface area (Å²) in [5.74, 6) is 0. The molecule has 0 saturated carbocycles. The van der Waals surface area contributed by atoms with E-state index in [1.165, 1.54) is 38.6 Å². The van der Waals surface area contributed by atoms with E-state index in [4.69, 9.17) is 9.47 Å². The third kappa shape index (κ3) is 7.20. The van der Waals surface area contributed by atoms with Crippen molar-refractivity contribution in [2.75, 3.05) is 32.9 Å². The van der Waals surface area contributed by atoms with Crippen LogP contribution in [0.4, 0.5) is 0 Å². The van der Waals surface area contributed by atoms with Crippen LogP contribution in [-0.4, -0.2) is 39.0 Å². The van der Waals surface area contributed by atoms with Crippen LogP contribution in [0.25, 0.3) is 0 Å². The summed E-state index contributed by atoms with van der Waals surface area (Å²) in [6.45, 7) is 7.14. The number of unbranched alkanes of at least 4 members (excludes halogenated alkanes) is 3. The van der Waals surface area contributed by atoms with Crippen LogP contribution in [0, 0.1) is 0 Å². The first kappa shape index (κ1) is 13.9. The van der Waals surface area contributed by atoms with E-state index in [0.29, 0.717) is 6.10 Å². The number of ether oxygens (including phenoxy) is 2. The lowest BCUT2D eigenvalue weighted by atomic mass is 10.2. The van der Waals surface area contributed by atoms with Crippen molar-refractivity contribution in [3.05, 3.63) is 0 Å². The molecule has 0 aromatic rings. The average molecular weight is 229 g/mol. The first-order valence-electron chi connectivity index (χ1n) is 6.83. The topological polar surface area (TPSA) is 30.5 Å². The van der Waals surface area contributed by atoms with Gasteiger partial charge in [-0.2, -0.15) is 0 Å². The molecule has 0 radical (unpaired) electrons. The Morgan fingerprint density at radius 2 is 2.06 bits per heavy atom. The third-order valence-electron chi connectivity index (χ3n) is 2.92. The summed E-state index contributed by atoms with van der Waals surface area (Å²) in [4.78, 5) is 0. The summed E-state index contributed by atoms with van der Waals surface area (Å²) in [5.41, 5.74) is 0. The quantitative estimate of drug-likeness (QED) is 0.583. The summed E-state index contributed by atoms with van der Waals surface area (Å²) < 4.78 is 11.0. The van der Waals surface area contributed by atoms with Crippen LogP contribution in [0.2, 0.25) is 0 Å². The van der Waals surface area contributed by atoms with Crippen molar-refractivity contribution < 1.29 is 9.47 Å². The molecule has 1 atom stereocenters. The van der Waals surface area contributed by atoms with Crippen LogP contribution in [0.1, 0.15) is 45.4 Å². The second-order valence-electron chi connectivity index (χ2n) is 4.52. The number of rotatable bonds is 10. The second-order valence-corrected chi connectivity index (χ2v) is 4.52. The van der Waals surface area contributed by atoms with Gasteiger partial charge in [-0.05, 0) is 38.8 Å². The molecule has 1 fully saturated rings. The van der Waals surface area contributed by atoms with E-state index < -0.39 is 0 Å². The Hall–Kier alpha value is -0.120. The van der Waals surface area contributed by atoms with E-state index in [9.17, 15) is 0 Å². The fourth-order valence-corrected chi connectivity index (χ4v) is 1.90. The minimum absolute atomic E-state index is 0.381. The van der Waals surface area contributed by atoms with E-state index >= 15 is 0 Å². The zero-order valence-electron chi connectivity index (χ0n) is 10.7. The van der Waals surface area contributed by atoms with Gasteiger partial charge < -0.3 is 14.8 Å². The normalized spacial score (nSPS) is 20.4. The highest BCUT2D eigenvalue weighted by Gasteiger charge is 2.14. The van der Waals surface area contributed by atoms with Crippen molar-refractivity contribution in [2.24, 2.45) is 0 Å². The summed E-state index contributed by atoms with van der Waals surface area (Å²) in [6, 6.07) is 0. The van der Waals surface area contributed by atoms with Crippen LogP contribution >= 0.6 is 0 Å². The van der Waals surface area contributed by atoms with Gasteiger partial charge in [-0.25, -0.2) is 0 Å². The highest BCUT2D eigenvalue weighted by atomic mass is 16.5. The maximum Gasteiger partial charge on any atom is 0.0830 e. The Bertz CT molecular complexity index is 147. The first-order chi connectivity index (χ1) is 7.93. The molecular formula is C13H27NO2. The molecule has 3 heteroatoms. The van der Waals surface area contributed by atoms with Gasteiger partial charge in [0.2, 0.25) is 0 Å². The highest BCUT2D eigenvalue weighted by Crippen LogP contribution is 2.09. The number of hydrogen-bond acceptors (Lipinski definition) is 3. The van der Waals surface area contributed by atoms with Crippen LogP contribution in [0.3, 0.4) is 0 Å². The molecule has 0 bridgehead atoms. The summed E-state index contributed by atoms with van der Waals surface area (Å²) in [6.07, 6.45) is 7.81. The van der Waals surface area contributed by atoms with E-state index in [1.54, 1.807) is 0 Å². The Labute approximate surface area is 99.9 Å². The lowest BCUT2D eigenvalue weighted by molar-refractivity contribution is 0.0406. The van der Waals surface area contributed by atoms with Gasteiger partial charge in [0.1, 0.15) is 0 Å². The lowest BCUT2D eigenvalue weighted by Crippen LogP contribution is -2.16. The molecule has 1 unspecified atom stereocenters. The van der Waals surface area contributed by atoms with Crippen molar-refractivity contribution in [1.29, 1.82) is 0 Å². The molecule has 0 aromatic carbocycles. The monoisotopic (exact) mass is 229 g/mol. The van der Waals surface area contributed by atoms with Gasteiger partial charge in [0, 0.05) is 13.2 Å². The van der Waals surface area contributed by atoms with Crippen molar-refractivity contribution in [3.63, 3.8) is 0 Å². The Kier molecular flexibility index (Phi) is 8.77. The molecule has 1 heterocycles. The molecule has 1 saturated heterocycles. The molecule has 96 valence electrons. The van der Waals surface area contributed by atoms with Crippen molar-refractivity contribution >= 4 is 0 Å². The second kappa shape index (κ2) is 10.1. The summed E-state index contributed by atoms with van der Waals surface area (Å²) in [5, 5.41) is 3.42. The van der Waals surface area contributed by atoms with E-state index in [0.717, 1.165) is 32.8 Å².